The van der Waals surface area contributed by atoms with Gasteiger partial charge in [0, 0.05) is 29.8 Å². The fourth-order valence-electron chi connectivity index (χ4n) is 1.89. The number of halogens is 1. The van der Waals surface area contributed by atoms with Crippen molar-refractivity contribution in [1.29, 1.82) is 0 Å². The third-order valence-electron chi connectivity index (χ3n) is 3.05. The van der Waals surface area contributed by atoms with E-state index >= 15 is 0 Å². The molecule has 17 heavy (non-hydrogen) atoms. The molecule has 1 aliphatic rings. The van der Waals surface area contributed by atoms with Crippen LogP contribution in [0.3, 0.4) is 0 Å². The molecule has 0 spiro atoms. The second kappa shape index (κ2) is 4.94. The average Bonchev–Trinajstić information content (AvgIpc) is 2.63. The van der Waals surface area contributed by atoms with Crippen molar-refractivity contribution in [3.8, 4) is 0 Å². The SMILES string of the molecule is CC1CN(C(=O)Nc2ccc(Cl)cc2)CC1N. The van der Waals surface area contributed by atoms with E-state index in [4.69, 9.17) is 17.3 Å². The fraction of sp³-hybridized carbons (Fsp3) is 0.417. The van der Waals surface area contributed by atoms with Crippen LogP contribution in [0.2, 0.25) is 5.02 Å². The van der Waals surface area contributed by atoms with Crippen LogP contribution in [-0.4, -0.2) is 30.1 Å². The van der Waals surface area contributed by atoms with Gasteiger partial charge in [0.1, 0.15) is 0 Å². The monoisotopic (exact) mass is 253 g/mol. The molecule has 0 bridgehead atoms. The Morgan fingerprint density at radius 1 is 1.41 bits per heavy atom. The van der Waals surface area contributed by atoms with Crippen molar-refractivity contribution in [3.63, 3.8) is 0 Å². The third-order valence-corrected chi connectivity index (χ3v) is 3.31. The lowest BCUT2D eigenvalue weighted by Crippen LogP contribution is -2.35. The third kappa shape index (κ3) is 2.90. The van der Waals surface area contributed by atoms with Crippen LogP contribution in [0.5, 0.6) is 0 Å². The Hall–Kier alpha value is -1.26. The van der Waals surface area contributed by atoms with Gasteiger partial charge in [-0.3, -0.25) is 0 Å². The van der Waals surface area contributed by atoms with E-state index in [1.165, 1.54) is 0 Å². The lowest BCUT2D eigenvalue weighted by molar-refractivity contribution is 0.221. The van der Waals surface area contributed by atoms with Crippen molar-refractivity contribution in [2.75, 3.05) is 18.4 Å². The summed E-state index contributed by atoms with van der Waals surface area (Å²) in [7, 11) is 0. The number of likely N-dealkylation sites (tertiary alicyclic amines) is 1. The van der Waals surface area contributed by atoms with Crippen molar-refractivity contribution in [2.45, 2.75) is 13.0 Å². The van der Waals surface area contributed by atoms with Gasteiger partial charge >= 0.3 is 6.03 Å². The van der Waals surface area contributed by atoms with E-state index in [1.54, 1.807) is 29.2 Å². The minimum Gasteiger partial charge on any atom is -0.326 e. The van der Waals surface area contributed by atoms with Crippen LogP contribution in [0.4, 0.5) is 10.5 Å². The standard InChI is InChI=1S/C12H16ClN3O/c1-8-6-16(7-11(8)14)12(17)15-10-4-2-9(13)3-5-10/h2-5,8,11H,6-7,14H2,1H3,(H,15,17). The first-order valence-corrected chi connectivity index (χ1v) is 6.01. The maximum atomic E-state index is 11.9. The van der Waals surface area contributed by atoms with Crippen LogP contribution < -0.4 is 11.1 Å². The van der Waals surface area contributed by atoms with Gasteiger partial charge in [0.25, 0.3) is 0 Å². The van der Waals surface area contributed by atoms with Gasteiger partial charge in [-0.05, 0) is 30.2 Å². The normalized spacial score (nSPS) is 23.8. The average molecular weight is 254 g/mol. The lowest BCUT2D eigenvalue weighted by Gasteiger charge is -2.16. The van der Waals surface area contributed by atoms with Crippen LogP contribution >= 0.6 is 11.6 Å². The van der Waals surface area contributed by atoms with E-state index < -0.39 is 0 Å². The summed E-state index contributed by atoms with van der Waals surface area (Å²) in [4.78, 5) is 13.7. The molecule has 0 radical (unpaired) electrons. The summed E-state index contributed by atoms with van der Waals surface area (Å²) in [6.07, 6.45) is 0. The number of carbonyl (C=O) groups excluding carboxylic acids is 1. The number of nitrogens with two attached hydrogens (primary N) is 1. The molecule has 0 aliphatic carbocycles. The summed E-state index contributed by atoms with van der Waals surface area (Å²) in [5.41, 5.74) is 6.62. The van der Waals surface area contributed by atoms with E-state index in [1.807, 2.05) is 0 Å². The highest BCUT2D eigenvalue weighted by atomic mass is 35.5. The van der Waals surface area contributed by atoms with Crippen LogP contribution in [0.15, 0.2) is 24.3 Å². The molecule has 1 aromatic rings. The van der Waals surface area contributed by atoms with Crippen LogP contribution in [0, 0.1) is 5.92 Å². The Kier molecular flexibility index (Phi) is 3.54. The van der Waals surface area contributed by atoms with Gasteiger partial charge < -0.3 is 16.0 Å². The number of amides is 2. The molecule has 1 aliphatic heterocycles. The maximum Gasteiger partial charge on any atom is 0.321 e. The summed E-state index contributed by atoms with van der Waals surface area (Å²) in [5.74, 6) is 0.353. The molecule has 4 nitrogen and oxygen atoms in total. The zero-order valence-corrected chi connectivity index (χ0v) is 10.4. The molecule has 1 saturated heterocycles. The topological polar surface area (TPSA) is 58.4 Å². The molecule has 1 aromatic carbocycles. The second-order valence-corrected chi connectivity index (χ2v) is 4.92. The van der Waals surface area contributed by atoms with Gasteiger partial charge in [-0.15, -0.1) is 0 Å². The number of benzene rings is 1. The second-order valence-electron chi connectivity index (χ2n) is 4.48. The van der Waals surface area contributed by atoms with E-state index in [9.17, 15) is 4.79 Å². The molecule has 1 fully saturated rings. The molecule has 5 heteroatoms. The zero-order chi connectivity index (χ0) is 12.4. The summed E-state index contributed by atoms with van der Waals surface area (Å²) >= 11 is 5.77. The number of nitrogens with zero attached hydrogens (tertiary/aromatic N) is 1. The van der Waals surface area contributed by atoms with Gasteiger partial charge in [0.05, 0.1) is 0 Å². The molecule has 0 saturated carbocycles. The number of anilines is 1. The predicted molar refractivity (Wildman–Crippen MR) is 69.2 cm³/mol. The molecular weight excluding hydrogens is 238 g/mol. The van der Waals surface area contributed by atoms with Crippen LogP contribution in [0.1, 0.15) is 6.92 Å². The predicted octanol–water partition coefficient (Wildman–Crippen LogP) is 2.15. The Morgan fingerprint density at radius 2 is 2.06 bits per heavy atom. The summed E-state index contributed by atoms with van der Waals surface area (Å²) in [6.45, 7) is 3.38. The Morgan fingerprint density at radius 3 is 2.59 bits per heavy atom. The Bertz CT molecular complexity index is 397. The van der Waals surface area contributed by atoms with Gasteiger partial charge in [0.2, 0.25) is 0 Å². The highest BCUT2D eigenvalue weighted by Gasteiger charge is 2.29. The zero-order valence-electron chi connectivity index (χ0n) is 9.69. The van der Waals surface area contributed by atoms with E-state index in [0.717, 1.165) is 5.69 Å². The van der Waals surface area contributed by atoms with Crippen LogP contribution in [-0.2, 0) is 0 Å². The molecular formula is C12H16ClN3O. The molecule has 2 rings (SSSR count). The molecule has 2 unspecified atom stereocenters. The number of hydrogen-bond donors (Lipinski definition) is 2. The highest BCUT2D eigenvalue weighted by molar-refractivity contribution is 6.30. The smallest absolute Gasteiger partial charge is 0.321 e. The Labute approximate surface area is 106 Å². The van der Waals surface area contributed by atoms with Crippen molar-refractivity contribution in [2.24, 2.45) is 11.7 Å². The molecule has 92 valence electrons. The molecule has 1 heterocycles. The number of hydrogen-bond acceptors (Lipinski definition) is 2. The van der Waals surface area contributed by atoms with E-state index in [2.05, 4.69) is 12.2 Å². The summed E-state index contributed by atoms with van der Waals surface area (Å²) in [6, 6.07) is 7.02. The van der Waals surface area contributed by atoms with Crippen LogP contribution in [0.25, 0.3) is 0 Å². The quantitative estimate of drug-likeness (QED) is 0.806. The molecule has 0 aromatic heterocycles. The largest absolute Gasteiger partial charge is 0.326 e. The fourth-order valence-corrected chi connectivity index (χ4v) is 2.02. The van der Waals surface area contributed by atoms with Crippen molar-refractivity contribution in [1.82, 2.24) is 4.90 Å². The minimum absolute atomic E-state index is 0.0750. The van der Waals surface area contributed by atoms with Gasteiger partial charge in [0.15, 0.2) is 0 Å². The van der Waals surface area contributed by atoms with Gasteiger partial charge in [-0.25, -0.2) is 4.79 Å². The number of rotatable bonds is 1. The van der Waals surface area contributed by atoms with Gasteiger partial charge in [-0.2, -0.15) is 0 Å². The Balaban J connectivity index is 1.96. The van der Waals surface area contributed by atoms with Crippen molar-refractivity contribution in [3.05, 3.63) is 29.3 Å². The van der Waals surface area contributed by atoms with Crippen molar-refractivity contribution < 1.29 is 4.79 Å². The van der Waals surface area contributed by atoms with E-state index in [-0.39, 0.29) is 12.1 Å². The minimum atomic E-state index is -0.105. The summed E-state index contributed by atoms with van der Waals surface area (Å²) in [5, 5.41) is 3.48. The van der Waals surface area contributed by atoms with E-state index in [0.29, 0.717) is 24.0 Å². The molecule has 3 N–H and O–H groups in total. The van der Waals surface area contributed by atoms with Crippen molar-refractivity contribution >= 4 is 23.3 Å². The number of urea groups is 1. The first-order chi connectivity index (χ1) is 8.06. The first-order valence-electron chi connectivity index (χ1n) is 5.63. The first kappa shape index (κ1) is 12.2. The maximum absolute atomic E-state index is 11.9. The van der Waals surface area contributed by atoms with Gasteiger partial charge in [-0.1, -0.05) is 18.5 Å². The summed E-state index contributed by atoms with van der Waals surface area (Å²) < 4.78 is 0. The molecule has 2 amide bonds. The number of nitrogens with one attached hydrogen (secondary N) is 1. The lowest BCUT2D eigenvalue weighted by atomic mass is 10.1. The molecule has 2 atom stereocenters. The highest BCUT2D eigenvalue weighted by Crippen LogP contribution is 2.17. The number of carbonyl (C=O) groups is 1.